The normalized spacial score (nSPS) is 16.3. The number of alkyl carbamates (subject to hydrolysis) is 1. The molecule has 1 aliphatic rings. The molecule has 3 aromatic rings. The highest BCUT2D eigenvalue weighted by atomic mass is 32.1. The Labute approximate surface area is 253 Å². The van der Waals surface area contributed by atoms with E-state index in [-0.39, 0.29) is 23.0 Å². The fraction of sp³-hybridized carbons (Fsp3) is 0.531. The summed E-state index contributed by atoms with van der Waals surface area (Å²) in [5.41, 5.74) is 5.16. The van der Waals surface area contributed by atoms with Gasteiger partial charge in [0.05, 0.1) is 17.2 Å². The van der Waals surface area contributed by atoms with Crippen LogP contribution in [-0.2, 0) is 14.9 Å². The van der Waals surface area contributed by atoms with Crippen molar-refractivity contribution < 1.29 is 14.3 Å². The maximum Gasteiger partial charge on any atom is 0.413 e. The van der Waals surface area contributed by atoms with Crippen LogP contribution in [0.1, 0.15) is 88.3 Å². The van der Waals surface area contributed by atoms with Crippen molar-refractivity contribution in [2.45, 2.75) is 98.1 Å². The highest BCUT2D eigenvalue weighted by Gasteiger charge is 2.40. The van der Waals surface area contributed by atoms with E-state index in [0.717, 1.165) is 52.2 Å². The van der Waals surface area contributed by atoms with Crippen molar-refractivity contribution in [3.63, 3.8) is 0 Å². The monoisotopic (exact) mass is 596 g/mol. The van der Waals surface area contributed by atoms with E-state index in [1.165, 1.54) is 16.7 Å². The van der Waals surface area contributed by atoms with E-state index in [2.05, 4.69) is 86.3 Å². The topological polar surface area (TPSA) is 86.5 Å². The number of H-pyrrole nitrogens is 1. The Kier molecular flexibility index (Phi) is 9.49. The van der Waals surface area contributed by atoms with E-state index in [9.17, 15) is 9.59 Å². The summed E-state index contributed by atoms with van der Waals surface area (Å²) in [5.74, 6) is 0.256. The van der Waals surface area contributed by atoms with E-state index in [1.54, 1.807) is 25.2 Å². The molecule has 1 saturated heterocycles. The Balaban J connectivity index is 1.68. The number of likely N-dealkylation sites (tertiary alicyclic amines) is 1. The highest BCUT2D eigenvalue weighted by molar-refractivity contribution is 7.80. The first-order chi connectivity index (χ1) is 19.3. The molecular formula is C32H44N4O3S2. The molecule has 3 N–H and O–H groups in total. The van der Waals surface area contributed by atoms with Gasteiger partial charge >= 0.3 is 6.09 Å². The summed E-state index contributed by atoms with van der Waals surface area (Å²) in [6.07, 6.45) is 2.36. The lowest BCUT2D eigenvalue weighted by molar-refractivity contribution is -0.137. The standard InChI is InChI=1S/C32H44N4O3S2/c1-9-23-11-10-12-36(23)29(37)32(7,8)25-16-24-26(21(6)17-33-30(40)35-31(38)39-18(2)3)27(34-28(24)41-25)22-14-19(4)13-20(5)15-22/h13-16,18,21,23,34H,9-12,17H2,1-8H3,(H2,33,35,38,40)/t21-,23?/m1/s1. The number of carbonyl (C=O) groups is 2. The molecular weight excluding hydrogens is 553 g/mol. The van der Waals surface area contributed by atoms with E-state index in [0.29, 0.717) is 12.6 Å². The maximum absolute atomic E-state index is 13.8. The molecule has 1 aliphatic heterocycles. The predicted octanol–water partition coefficient (Wildman–Crippen LogP) is 7.30. The number of aromatic nitrogens is 1. The minimum atomic E-state index is -0.622. The zero-order chi connectivity index (χ0) is 30.1. The second-order valence-electron chi connectivity index (χ2n) is 12.2. The fourth-order valence-electron chi connectivity index (χ4n) is 5.89. The zero-order valence-corrected chi connectivity index (χ0v) is 27.2. The molecule has 1 aromatic carbocycles. The summed E-state index contributed by atoms with van der Waals surface area (Å²) < 4.78 is 5.15. The first-order valence-electron chi connectivity index (χ1n) is 14.6. The summed E-state index contributed by atoms with van der Waals surface area (Å²) in [6, 6.07) is 9.12. The first-order valence-corrected chi connectivity index (χ1v) is 15.8. The third-order valence-electron chi connectivity index (χ3n) is 7.92. The van der Waals surface area contributed by atoms with Crippen LogP contribution in [0.25, 0.3) is 21.5 Å². The summed E-state index contributed by atoms with van der Waals surface area (Å²) in [4.78, 5) is 33.8. The van der Waals surface area contributed by atoms with Crippen LogP contribution >= 0.6 is 23.6 Å². The van der Waals surface area contributed by atoms with Gasteiger partial charge in [0, 0.05) is 35.3 Å². The van der Waals surface area contributed by atoms with Gasteiger partial charge in [-0.2, -0.15) is 0 Å². The number of hydrogen-bond acceptors (Lipinski definition) is 5. The number of nitrogens with one attached hydrogen (secondary N) is 3. The van der Waals surface area contributed by atoms with Crippen LogP contribution in [0.4, 0.5) is 4.79 Å². The van der Waals surface area contributed by atoms with Crippen LogP contribution in [0, 0.1) is 13.8 Å². The molecule has 0 spiro atoms. The van der Waals surface area contributed by atoms with Crippen LogP contribution < -0.4 is 10.6 Å². The van der Waals surface area contributed by atoms with Crippen LogP contribution in [-0.4, -0.2) is 52.2 Å². The number of aryl methyl sites for hydroxylation is 2. The number of rotatable bonds is 8. The number of aromatic amines is 1. The Bertz CT molecular complexity index is 1420. The smallest absolute Gasteiger partial charge is 0.413 e. The molecule has 2 aromatic heterocycles. The molecule has 1 unspecified atom stereocenters. The first kappa shape index (κ1) is 31.0. The van der Waals surface area contributed by atoms with Gasteiger partial charge in [0.1, 0.15) is 4.83 Å². The zero-order valence-electron chi connectivity index (χ0n) is 25.6. The number of thiophene rings is 1. The molecule has 1 fully saturated rings. The van der Waals surface area contributed by atoms with Crippen LogP contribution in [0.2, 0.25) is 0 Å². The van der Waals surface area contributed by atoms with Crippen molar-refractivity contribution in [2.75, 3.05) is 13.1 Å². The van der Waals surface area contributed by atoms with E-state index < -0.39 is 11.5 Å². The van der Waals surface area contributed by atoms with Crippen LogP contribution in [0.3, 0.4) is 0 Å². The number of benzene rings is 1. The molecule has 2 atom stereocenters. The highest BCUT2D eigenvalue weighted by Crippen LogP contribution is 2.43. The van der Waals surface area contributed by atoms with Gasteiger partial charge < -0.3 is 19.9 Å². The molecule has 2 amide bonds. The molecule has 9 heteroatoms. The molecule has 41 heavy (non-hydrogen) atoms. The molecule has 3 heterocycles. The second-order valence-corrected chi connectivity index (χ2v) is 13.6. The Morgan fingerprint density at radius 1 is 1.17 bits per heavy atom. The lowest BCUT2D eigenvalue weighted by Gasteiger charge is -2.32. The quantitative estimate of drug-likeness (QED) is 0.238. The number of ether oxygens (including phenoxy) is 1. The van der Waals surface area contributed by atoms with E-state index in [1.807, 2.05) is 0 Å². The molecule has 4 rings (SSSR count). The number of nitrogens with zero attached hydrogens (tertiary/aromatic N) is 1. The van der Waals surface area contributed by atoms with Crippen molar-refractivity contribution >= 4 is 50.9 Å². The number of amides is 2. The van der Waals surface area contributed by atoms with Gasteiger partial charge in [0.2, 0.25) is 5.91 Å². The van der Waals surface area contributed by atoms with Crippen LogP contribution in [0.5, 0.6) is 0 Å². The van der Waals surface area contributed by atoms with E-state index >= 15 is 0 Å². The third-order valence-corrected chi connectivity index (χ3v) is 9.54. The van der Waals surface area contributed by atoms with Crippen molar-refractivity contribution in [3.05, 3.63) is 45.8 Å². The van der Waals surface area contributed by atoms with Gasteiger partial charge in [-0.15, -0.1) is 11.3 Å². The van der Waals surface area contributed by atoms with Crippen molar-refractivity contribution in [1.29, 1.82) is 0 Å². The number of hydrogen-bond donors (Lipinski definition) is 3. The third kappa shape index (κ3) is 6.78. The van der Waals surface area contributed by atoms with Gasteiger partial charge in [-0.25, -0.2) is 4.79 Å². The predicted molar refractivity (Wildman–Crippen MR) is 173 cm³/mol. The summed E-state index contributed by atoms with van der Waals surface area (Å²) in [7, 11) is 0. The van der Waals surface area contributed by atoms with Gasteiger partial charge in [0.25, 0.3) is 0 Å². The minimum Gasteiger partial charge on any atom is -0.447 e. The van der Waals surface area contributed by atoms with Crippen molar-refractivity contribution in [1.82, 2.24) is 20.5 Å². The summed E-state index contributed by atoms with van der Waals surface area (Å²) in [6.45, 7) is 17.6. The number of fused-ring (bicyclic) bond motifs is 1. The molecule has 0 bridgehead atoms. The second kappa shape index (κ2) is 12.5. The molecule has 0 aliphatic carbocycles. The lowest BCUT2D eigenvalue weighted by atomic mass is 9.88. The Morgan fingerprint density at radius 3 is 2.49 bits per heavy atom. The molecule has 7 nitrogen and oxygen atoms in total. The Hall–Kier alpha value is -2.91. The van der Waals surface area contributed by atoms with E-state index in [4.69, 9.17) is 17.0 Å². The maximum atomic E-state index is 13.8. The van der Waals surface area contributed by atoms with Crippen molar-refractivity contribution in [2.24, 2.45) is 0 Å². The molecule has 0 radical (unpaired) electrons. The number of thiocarbonyl (C=S) groups is 1. The average Bonchev–Trinajstić information content (AvgIpc) is 3.60. The van der Waals surface area contributed by atoms with Gasteiger partial charge in [0.15, 0.2) is 5.11 Å². The fourth-order valence-corrected chi connectivity index (χ4v) is 7.22. The SMILES string of the molecule is CCC1CCCN1C(=O)C(C)(C)c1cc2c([C@H](C)CNC(=S)NC(=O)OC(C)C)c(-c3cc(C)cc(C)c3)[nH]c2s1. The Morgan fingerprint density at radius 2 is 1.85 bits per heavy atom. The van der Waals surface area contributed by atoms with Gasteiger partial charge in [-0.05, 0) is 102 Å². The van der Waals surface area contributed by atoms with Gasteiger partial charge in [-0.3, -0.25) is 10.1 Å². The van der Waals surface area contributed by atoms with Crippen molar-refractivity contribution in [3.8, 4) is 11.3 Å². The van der Waals surface area contributed by atoms with Crippen LogP contribution in [0.15, 0.2) is 24.3 Å². The lowest BCUT2D eigenvalue weighted by Crippen LogP contribution is -2.45. The summed E-state index contributed by atoms with van der Waals surface area (Å²) >= 11 is 7.04. The van der Waals surface area contributed by atoms with Gasteiger partial charge in [-0.1, -0.05) is 31.0 Å². The largest absolute Gasteiger partial charge is 0.447 e. The number of carbonyl (C=O) groups excluding carboxylic acids is 2. The molecule has 0 saturated carbocycles. The minimum absolute atomic E-state index is 0.0461. The summed E-state index contributed by atoms with van der Waals surface area (Å²) in [5, 5.41) is 7.14. The average molecular weight is 597 g/mol. The molecule has 222 valence electrons.